The first-order valence-electron chi connectivity index (χ1n) is 8.67. The number of hydrogen-bond donors (Lipinski definition) is 3. The third-order valence-corrected chi connectivity index (χ3v) is 5.14. The van der Waals surface area contributed by atoms with Crippen LogP contribution in [-0.2, 0) is 12.8 Å². The van der Waals surface area contributed by atoms with E-state index in [0.29, 0.717) is 0 Å². The Kier molecular flexibility index (Phi) is 8.37. The quantitative estimate of drug-likeness (QED) is 0.207. The molecule has 0 atom stereocenters. The fraction of sp³-hybridized carbons (Fsp3) is 0.368. The molecule has 0 unspecified atom stereocenters. The van der Waals surface area contributed by atoms with Crippen molar-refractivity contribution >= 4 is 52.2 Å². The van der Waals surface area contributed by atoms with Crippen LogP contribution in [0.25, 0.3) is 10.9 Å². The number of rotatable bonds is 7. The van der Waals surface area contributed by atoms with Crippen LogP contribution in [0.3, 0.4) is 0 Å². The minimum absolute atomic E-state index is 0. The summed E-state index contributed by atoms with van der Waals surface area (Å²) in [5.41, 5.74) is 3.64. The number of aliphatic imine (C=N–C) groups is 1. The Morgan fingerprint density at radius 1 is 1.19 bits per heavy atom. The summed E-state index contributed by atoms with van der Waals surface area (Å²) in [5.74, 6) is 0.857. The van der Waals surface area contributed by atoms with E-state index in [1.54, 1.807) is 11.3 Å². The first-order valence-corrected chi connectivity index (χ1v) is 9.55. The van der Waals surface area contributed by atoms with Gasteiger partial charge in [-0.15, -0.1) is 35.3 Å². The minimum Gasteiger partial charge on any atom is -0.361 e. The summed E-state index contributed by atoms with van der Waals surface area (Å²) in [5, 5.41) is 11.4. The van der Waals surface area contributed by atoms with Crippen molar-refractivity contribution in [3.63, 3.8) is 0 Å². The SMILES string of the molecule is CN=C(NCCCc1nc(C)cs1)NCCc1c[nH]c2ccccc12.I. The van der Waals surface area contributed by atoms with Gasteiger partial charge in [-0.25, -0.2) is 4.98 Å². The molecule has 3 rings (SSSR count). The lowest BCUT2D eigenvalue weighted by Crippen LogP contribution is -2.38. The first kappa shape index (κ1) is 20.7. The van der Waals surface area contributed by atoms with Crippen LogP contribution in [0, 0.1) is 6.92 Å². The number of nitrogens with zero attached hydrogens (tertiary/aromatic N) is 2. The second kappa shape index (κ2) is 10.5. The number of guanidine groups is 1. The molecule has 0 aliphatic carbocycles. The number of para-hydroxylation sites is 1. The Morgan fingerprint density at radius 2 is 2.00 bits per heavy atom. The van der Waals surface area contributed by atoms with Crippen LogP contribution >= 0.6 is 35.3 Å². The highest BCUT2D eigenvalue weighted by atomic mass is 127. The highest BCUT2D eigenvalue weighted by Crippen LogP contribution is 2.17. The molecule has 26 heavy (non-hydrogen) atoms. The first-order chi connectivity index (χ1) is 12.3. The zero-order valence-corrected chi connectivity index (χ0v) is 18.4. The van der Waals surface area contributed by atoms with E-state index < -0.39 is 0 Å². The van der Waals surface area contributed by atoms with Gasteiger partial charge in [-0.1, -0.05) is 18.2 Å². The third kappa shape index (κ3) is 5.70. The monoisotopic (exact) mass is 483 g/mol. The van der Waals surface area contributed by atoms with Crippen LogP contribution in [0.1, 0.15) is 22.7 Å². The van der Waals surface area contributed by atoms with E-state index in [2.05, 4.69) is 61.4 Å². The van der Waals surface area contributed by atoms with Crippen LogP contribution in [0.5, 0.6) is 0 Å². The Balaban J connectivity index is 0.00000243. The van der Waals surface area contributed by atoms with Crippen molar-refractivity contribution < 1.29 is 0 Å². The molecule has 0 fully saturated rings. The number of benzene rings is 1. The van der Waals surface area contributed by atoms with E-state index in [-0.39, 0.29) is 24.0 Å². The van der Waals surface area contributed by atoms with Gasteiger partial charge < -0.3 is 15.6 Å². The summed E-state index contributed by atoms with van der Waals surface area (Å²) in [6, 6.07) is 8.41. The van der Waals surface area contributed by atoms with Gasteiger partial charge in [0.15, 0.2) is 5.96 Å². The maximum absolute atomic E-state index is 4.49. The standard InChI is InChI=1S/C19H25N5S.HI/c1-14-13-25-18(24-14)8-5-10-21-19(20-2)22-11-9-15-12-23-17-7-4-3-6-16(15)17;/h3-4,6-7,12-13,23H,5,8-11H2,1-2H3,(H2,20,21,22);1H. The maximum atomic E-state index is 4.49. The molecular weight excluding hydrogens is 457 g/mol. The number of aromatic nitrogens is 2. The minimum atomic E-state index is 0. The van der Waals surface area contributed by atoms with E-state index in [1.807, 2.05) is 14.0 Å². The van der Waals surface area contributed by atoms with E-state index >= 15 is 0 Å². The van der Waals surface area contributed by atoms with Crippen molar-refractivity contribution in [1.82, 2.24) is 20.6 Å². The topological polar surface area (TPSA) is 65.1 Å². The van der Waals surface area contributed by atoms with E-state index in [1.165, 1.54) is 21.5 Å². The van der Waals surface area contributed by atoms with E-state index in [4.69, 9.17) is 0 Å². The summed E-state index contributed by atoms with van der Waals surface area (Å²) < 4.78 is 0. The van der Waals surface area contributed by atoms with Crippen LogP contribution in [-0.4, -0.2) is 36.1 Å². The Labute approximate surface area is 175 Å². The van der Waals surface area contributed by atoms with E-state index in [9.17, 15) is 0 Å². The van der Waals surface area contributed by atoms with Crippen molar-refractivity contribution in [2.24, 2.45) is 4.99 Å². The largest absolute Gasteiger partial charge is 0.361 e. The molecule has 140 valence electrons. The molecule has 1 aromatic carbocycles. The Hall–Kier alpha value is -1.61. The number of nitrogens with one attached hydrogen (secondary N) is 3. The van der Waals surface area contributed by atoms with Gasteiger partial charge in [-0.05, 0) is 31.4 Å². The summed E-state index contributed by atoms with van der Waals surface area (Å²) in [4.78, 5) is 12.1. The number of aromatic amines is 1. The van der Waals surface area contributed by atoms with Crippen molar-refractivity contribution in [1.29, 1.82) is 0 Å². The summed E-state index contributed by atoms with van der Waals surface area (Å²) >= 11 is 1.74. The molecule has 3 aromatic rings. The van der Waals surface area contributed by atoms with Crippen LogP contribution in [0.2, 0.25) is 0 Å². The highest BCUT2D eigenvalue weighted by molar-refractivity contribution is 14.0. The fourth-order valence-electron chi connectivity index (χ4n) is 2.84. The number of hydrogen-bond acceptors (Lipinski definition) is 3. The predicted molar refractivity (Wildman–Crippen MR) is 122 cm³/mol. The number of aryl methyl sites for hydroxylation is 2. The van der Waals surface area contributed by atoms with Crippen molar-refractivity contribution in [2.75, 3.05) is 20.1 Å². The Bertz CT molecular complexity index is 839. The van der Waals surface area contributed by atoms with Crippen LogP contribution < -0.4 is 10.6 Å². The van der Waals surface area contributed by atoms with Gasteiger partial charge in [-0.2, -0.15) is 0 Å². The predicted octanol–water partition coefficient (Wildman–Crippen LogP) is 3.89. The molecule has 0 aliphatic heterocycles. The molecule has 0 bridgehead atoms. The van der Waals surface area contributed by atoms with E-state index in [0.717, 1.165) is 44.0 Å². The number of H-pyrrole nitrogens is 1. The molecule has 0 aliphatic rings. The number of halogens is 1. The van der Waals surface area contributed by atoms with Gasteiger partial charge in [0.2, 0.25) is 0 Å². The van der Waals surface area contributed by atoms with Gasteiger partial charge in [0.25, 0.3) is 0 Å². The summed E-state index contributed by atoms with van der Waals surface area (Å²) in [6.45, 7) is 3.79. The van der Waals surface area contributed by atoms with Gasteiger partial charge in [0.1, 0.15) is 0 Å². The molecule has 0 saturated carbocycles. The molecule has 2 heterocycles. The maximum Gasteiger partial charge on any atom is 0.190 e. The lowest BCUT2D eigenvalue weighted by Gasteiger charge is -2.11. The summed E-state index contributed by atoms with van der Waals surface area (Å²) in [6.07, 6.45) is 5.12. The van der Waals surface area contributed by atoms with Crippen LogP contribution in [0.4, 0.5) is 0 Å². The third-order valence-electron chi connectivity index (χ3n) is 4.11. The Morgan fingerprint density at radius 3 is 2.77 bits per heavy atom. The van der Waals surface area contributed by atoms with Crippen molar-refractivity contribution in [2.45, 2.75) is 26.2 Å². The molecule has 0 saturated heterocycles. The average molecular weight is 483 g/mol. The molecule has 5 nitrogen and oxygen atoms in total. The highest BCUT2D eigenvalue weighted by Gasteiger charge is 2.04. The molecule has 3 N–H and O–H groups in total. The van der Waals surface area contributed by atoms with Gasteiger partial charge in [-0.3, -0.25) is 4.99 Å². The normalized spacial score (nSPS) is 11.4. The average Bonchev–Trinajstić information content (AvgIpc) is 3.23. The van der Waals surface area contributed by atoms with Crippen molar-refractivity contribution in [3.05, 3.63) is 52.1 Å². The van der Waals surface area contributed by atoms with Gasteiger partial charge >= 0.3 is 0 Å². The molecule has 2 aromatic heterocycles. The van der Waals surface area contributed by atoms with Crippen LogP contribution in [0.15, 0.2) is 40.8 Å². The van der Waals surface area contributed by atoms with Gasteiger partial charge in [0, 0.05) is 54.7 Å². The zero-order chi connectivity index (χ0) is 17.5. The number of thiazole rings is 1. The fourth-order valence-corrected chi connectivity index (χ4v) is 3.66. The molecule has 0 radical (unpaired) electrons. The zero-order valence-electron chi connectivity index (χ0n) is 15.2. The second-order valence-electron chi connectivity index (χ2n) is 6.02. The smallest absolute Gasteiger partial charge is 0.190 e. The lowest BCUT2D eigenvalue weighted by molar-refractivity contribution is 0.736. The van der Waals surface area contributed by atoms with Gasteiger partial charge in [0.05, 0.1) is 5.01 Å². The molecular formula is C19H26IN5S. The number of fused-ring (bicyclic) bond motifs is 1. The summed E-state index contributed by atoms with van der Waals surface area (Å²) in [7, 11) is 1.81. The molecule has 0 amide bonds. The molecule has 7 heteroatoms. The lowest BCUT2D eigenvalue weighted by atomic mass is 10.1. The van der Waals surface area contributed by atoms with Crippen molar-refractivity contribution in [3.8, 4) is 0 Å². The second-order valence-corrected chi connectivity index (χ2v) is 6.96. The molecule has 0 spiro atoms.